The van der Waals surface area contributed by atoms with Crippen LogP contribution in [0.1, 0.15) is 39.0 Å². The van der Waals surface area contributed by atoms with E-state index in [0.29, 0.717) is 0 Å². The van der Waals surface area contributed by atoms with Gasteiger partial charge < -0.3 is 15.2 Å². The van der Waals surface area contributed by atoms with E-state index in [1.165, 1.54) is 19.3 Å². The summed E-state index contributed by atoms with van der Waals surface area (Å²) < 4.78 is 9.33. The summed E-state index contributed by atoms with van der Waals surface area (Å²) in [6.07, 6.45) is 9.67. The van der Waals surface area contributed by atoms with E-state index in [1.807, 2.05) is 6.08 Å². The lowest BCUT2D eigenvalue weighted by Crippen LogP contribution is -2.21. The molecule has 0 aromatic carbocycles. The summed E-state index contributed by atoms with van der Waals surface area (Å²) in [5, 5.41) is 0. The molecule has 0 heterocycles. The molecule has 0 unspecified atom stereocenters. The molecule has 5 heteroatoms. The number of hydrogen-bond acceptors (Lipinski definition) is 5. The van der Waals surface area contributed by atoms with Crippen LogP contribution >= 0.6 is 0 Å². The first-order valence-electron chi connectivity index (χ1n) is 6.37. The minimum absolute atomic E-state index is 0.215. The molecule has 0 fully saturated rings. The quantitative estimate of drug-likeness (QED) is 0.365. The maximum absolute atomic E-state index is 11.1. The summed E-state index contributed by atoms with van der Waals surface area (Å²) in [5.74, 6) is -1.18. The van der Waals surface area contributed by atoms with Crippen molar-refractivity contribution >= 4 is 11.9 Å². The maximum atomic E-state index is 11.1. The van der Waals surface area contributed by atoms with E-state index < -0.39 is 11.9 Å². The van der Waals surface area contributed by atoms with E-state index >= 15 is 0 Å². The van der Waals surface area contributed by atoms with Gasteiger partial charge in [-0.15, -0.1) is 0 Å². The summed E-state index contributed by atoms with van der Waals surface area (Å²) in [5.41, 5.74) is 5.01. The van der Waals surface area contributed by atoms with Crippen LogP contribution in [-0.2, 0) is 19.1 Å². The predicted molar refractivity (Wildman–Crippen MR) is 68.9 cm³/mol. The molecule has 18 heavy (non-hydrogen) atoms. The largest absolute Gasteiger partial charge is 0.459 e. The smallest absolute Gasteiger partial charge is 0.344 e. The third-order valence-corrected chi connectivity index (χ3v) is 2.25. The molecule has 0 aliphatic carbocycles. The summed E-state index contributed by atoms with van der Waals surface area (Å²) in [6.45, 7) is 1.78. The Morgan fingerprint density at radius 3 is 2.50 bits per heavy atom. The highest BCUT2D eigenvalue weighted by atomic mass is 16.6. The Morgan fingerprint density at radius 1 is 1.06 bits per heavy atom. The third kappa shape index (κ3) is 11.1. The Kier molecular flexibility index (Phi) is 11.2. The van der Waals surface area contributed by atoms with Crippen molar-refractivity contribution in [1.29, 1.82) is 0 Å². The molecule has 0 bridgehead atoms. The van der Waals surface area contributed by atoms with Crippen LogP contribution in [0.5, 0.6) is 0 Å². The molecular formula is C13H23NO4. The Bertz CT molecular complexity index is 264. The molecular weight excluding hydrogens is 234 g/mol. The van der Waals surface area contributed by atoms with Crippen LogP contribution in [0.3, 0.4) is 0 Å². The molecule has 0 amide bonds. The van der Waals surface area contributed by atoms with Crippen molar-refractivity contribution in [2.45, 2.75) is 39.0 Å². The molecule has 0 aromatic rings. The van der Waals surface area contributed by atoms with Gasteiger partial charge >= 0.3 is 11.9 Å². The third-order valence-electron chi connectivity index (χ3n) is 2.25. The highest BCUT2D eigenvalue weighted by Crippen LogP contribution is 2.02. The van der Waals surface area contributed by atoms with Crippen molar-refractivity contribution in [1.82, 2.24) is 0 Å². The van der Waals surface area contributed by atoms with E-state index in [1.54, 1.807) is 6.08 Å². The van der Waals surface area contributed by atoms with Gasteiger partial charge in [-0.1, -0.05) is 38.3 Å². The van der Waals surface area contributed by atoms with Gasteiger partial charge in [-0.25, -0.2) is 4.79 Å². The highest BCUT2D eigenvalue weighted by Gasteiger charge is 2.05. The zero-order valence-electron chi connectivity index (χ0n) is 11.0. The summed E-state index contributed by atoms with van der Waals surface area (Å²) in [4.78, 5) is 21.7. The summed E-state index contributed by atoms with van der Waals surface area (Å²) >= 11 is 0. The van der Waals surface area contributed by atoms with Crippen LogP contribution in [0, 0.1) is 0 Å². The fourth-order valence-electron chi connectivity index (χ4n) is 1.26. The van der Waals surface area contributed by atoms with E-state index in [4.69, 9.17) is 10.5 Å². The summed E-state index contributed by atoms with van der Waals surface area (Å²) in [7, 11) is 0. The van der Waals surface area contributed by atoms with E-state index in [2.05, 4.69) is 11.7 Å². The molecule has 0 atom stereocenters. The lowest BCUT2D eigenvalue weighted by Gasteiger charge is -2.02. The molecule has 0 saturated heterocycles. The first kappa shape index (κ1) is 16.6. The Balaban J connectivity index is 3.39. The zero-order valence-corrected chi connectivity index (χ0v) is 11.0. The summed E-state index contributed by atoms with van der Waals surface area (Å²) in [6, 6.07) is 0. The van der Waals surface area contributed by atoms with Gasteiger partial charge in [0, 0.05) is 0 Å². The van der Waals surface area contributed by atoms with Gasteiger partial charge in [0.2, 0.25) is 0 Å². The van der Waals surface area contributed by atoms with Crippen molar-refractivity contribution in [2.75, 3.05) is 19.8 Å². The first-order chi connectivity index (χ1) is 8.70. The second-order valence-corrected chi connectivity index (χ2v) is 3.87. The molecule has 0 aliphatic heterocycles. The van der Waals surface area contributed by atoms with E-state index in [9.17, 15) is 9.59 Å². The molecule has 0 aromatic heterocycles. The van der Waals surface area contributed by atoms with Crippen molar-refractivity contribution in [2.24, 2.45) is 5.73 Å². The van der Waals surface area contributed by atoms with Crippen molar-refractivity contribution < 1.29 is 19.1 Å². The van der Waals surface area contributed by atoms with Crippen LogP contribution in [-0.4, -0.2) is 31.7 Å². The van der Waals surface area contributed by atoms with E-state index in [0.717, 1.165) is 12.8 Å². The number of unbranched alkanes of at least 4 members (excludes halogenated alkanes) is 4. The van der Waals surface area contributed by atoms with Crippen molar-refractivity contribution in [3.63, 3.8) is 0 Å². The van der Waals surface area contributed by atoms with Gasteiger partial charge in [0.15, 0.2) is 6.61 Å². The minimum Gasteiger partial charge on any atom is -0.459 e. The molecule has 0 saturated carbocycles. The minimum atomic E-state index is -0.613. The predicted octanol–water partition coefficient (Wildman–Crippen LogP) is 1.56. The molecule has 0 spiro atoms. The number of hydrogen-bond donors (Lipinski definition) is 1. The van der Waals surface area contributed by atoms with Crippen LogP contribution in [0.4, 0.5) is 0 Å². The number of nitrogens with two attached hydrogens (primary N) is 1. The SMILES string of the molecule is CCCCCC/C=C\COC(=O)COC(=O)CN. The average molecular weight is 257 g/mol. The molecule has 5 nitrogen and oxygen atoms in total. The fraction of sp³-hybridized carbons (Fsp3) is 0.692. The fourth-order valence-corrected chi connectivity index (χ4v) is 1.26. The van der Waals surface area contributed by atoms with Gasteiger partial charge in [-0.3, -0.25) is 4.79 Å². The second kappa shape index (κ2) is 12.1. The number of esters is 2. The Hall–Kier alpha value is -1.36. The Morgan fingerprint density at radius 2 is 1.83 bits per heavy atom. The molecule has 0 aliphatic rings. The number of rotatable bonds is 10. The van der Waals surface area contributed by atoms with Gasteiger partial charge in [0.05, 0.1) is 6.54 Å². The van der Waals surface area contributed by atoms with Gasteiger partial charge in [0.1, 0.15) is 6.61 Å². The molecule has 0 rings (SSSR count). The first-order valence-corrected chi connectivity index (χ1v) is 6.37. The van der Waals surface area contributed by atoms with Gasteiger partial charge in [-0.2, -0.15) is 0 Å². The van der Waals surface area contributed by atoms with E-state index in [-0.39, 0.29) is 19.8 Å². The van der Waals surface area contributed by atoms with Gasteiger partial charge in [-0.05, 0) is 12.8 Å². The number of ether oxygens (including phenoxy) is 2. The van der Waals surface area contributed by atoms with Crippen LogP contribution in [0.15, 0.2) is 12.2 Å². The van der Waals surface area contributed by atoms with Crippen LogP contribution < -0.4 is 5.73 Å². The number of carbonyl (C=O) groups is 2. The molecule has 2 N–H and O–H groups in total. The van der Waals surface area contributed by atoms with Gasteiger partial charge in [0.25, 0.3) is 0 Å². The lowest BCUT2D eigenvalue weighted by molar-refractivity contribution is -0.157. The second-order valence-electron chi connectivity index (χ2n) is 3.87. The monoisotopic (exact) mass is 257 g/mol. The lowest BCUT2D eigenvalue weighted by atomic mass is 10.1. The topological polar surface area (TPSA) is 78.6 Å². The number of carbonyl (C=O) groups excluding carboxylic acids is 2. The average Bonchev–Trinajstić information content (AvgIpc) is 2.39. The van der Waals surface area contributed by atoms with Crippen molar-refractivity contribution in [3.05, 3.63) is 12.2 Å². The van der Waals surface area contributed by atoms with Crippen LogP contribution in [0.25, 0.3) is 0 Å². The maximum Gasteiger partial charge on any atom is 0.344 e. The Labute approximate surface area is 108 Å². The standard InChI is InChI=1S/C13H23NO4/c1-2-3-4-5-6-7-8-9-17-13(16)11-18-12(15)10-14/h7-8H,2-6,9-11,14H2,1H3/b8-7-. The van der Waals surface area contributed by atoms with Crippen LogP contribution in [0.2, 0.25) is 0 Å². The normalized spacial score (nSPS) is 10.6. The number of allylic oxidation sites excluding steroid dienone is 1. The highest BCUT2D eigenvalue weighted by molar-refractivity contribution is 5.77. The van der Waals surface area contributed by atoms with Crippen molar-refractivity contribution in [3.8, 4) is 0 Å². The zero-order chi connectivity index (χ0) is 13.6. The molecule has 0 radical (unpaired) electrons. The molecule has 104 valence electrons.